The fourth-order valence-corrected chi connectivity index (χ4v) is 1.84. The average molecular weight is 213 g/mol. The summed E-state index contributed by atoms with van der Waals surface area (Å²) in [5, 5.41) is 5.96. The van der Waals surface area contributed by atoms with Crippen molar-refractivity contribution in [3.8, 4) is 0 Å². The Labute approximate surface area is 92.0 Å². The first-order valence-electron chi connectivity index (χ1n) is 5.90. The van der Waals surface area contributed by atoms with Crippen molar-refractivity contribution < 1.29 is 4.79 Å². The highest BCUT2D eigenvalue weighted by Crippen LogP contribution is 2.28. The number of nitrogens with two attached hydrogens (primary N) is 1. The Kier molecular flexibility index (Phi) is 5.65. The molecule has 0 aliphatic heterocycles. The molecule has 0 aromatic rings. The van der Waals surface area contributed by atoms with E-state index in [1.54, 1.807) is 7.05 Å². The molecule has 15 heavy (non-hydrogen) atoms. The number of nitrogens with one attached hydrogen (secondary N) is 2. The quantitative estimate of drug-likeness (QED) is 0.567. The summed E-state index contributed by atoms with van der Waals surface area (Å²) in [7, 11) is 1.66. The third-order valence-electron chi connectivity index (χ3n) is 3.21. The third-order valence-corrected chi connectivity index (χ3v) is 3.21. The Morgan fingerprint density at radius 2 is 2.27 bits per heavy atom. The molecule has 0 saturated heterocycles. The van der Waals surface area contributed by atoms with E-state index in [0.29, 0.717) is 13.0 Å². The predicted octanol–water partition coefficient (Wildman–Crippen LogP) is 0.230. The van der Waals surface area contributed by atoms with Crippen molar-refractivity contribution in [3.63, 3.8) is 0 Å². The van der Waals surface area contributed by atoms with Crippen LogP contribution in [0.25, 0.3) is 0 Å². The molecule has 1 unspecified atom stereocenters. The van der Waals surface area contributed by atoms with Gasteiger partial charge in [-0.15, -0.1) is 0 Å². The lowest BCUT2D eigenvalue weighted by Crippen LogP contribution is -2.41. The second kappa shape index (κ2) is 6.80. The molecule has 4 nitrogen and oxygen atoms in total. The van der Waals surface area contributed by atoms with Gasteiger partial charge in [0.1, 0.15) is 0 Å². The maximum Gasteiger partial charge on any atom is 0.221 e. The predicted molar refractivity (Wildman–Crippen MR) is 61.5 cm³/mol. The van der Waals surface area contributed by atoms with E-state index in [1.807, 2.05) is 0 Å². The van der Waals surface area contributed by atoms with Gasteiger partial charge >= 0.3 is 0 Å². The van der Waals surface area contributed by atoms with E-state index in [9.17, 15) is 4.79 Å². The van der Waals surface area contributed by atoms with E-state index in [1.165, 1.54) is 25.7 Å². The summed E-state index contributed by atoms with van der Waals surface area (Å²) < 4.78 is 0. The second-order valence-electron chi connectivity index (χ2n) is 4.35. The van der Waals surface area contributed by atoms with Crippen LogP contribution in [0, 0.1) is 5.92 Å². The summed E-state index contributed by atoms with van der Waals surface area (Å²) in [5.74, 6) is 0.970. The highest BCUT2D eigenvalue weighted by molar-refractivity contribution is 5.76. The minimum absolute atomic E-state index is 0.0570. The van der Waals surface area contributed by atoms with E-state index in [4.69, 9.17) is 5.73 Å². The molecule has 1 aliphatic carbocycles. The number of carbonyl (C=O) groups is 1. The van der Waals surface area contributed by atoms with Crippen LogP contribution in [0.4, 0.5) is 0 Å². The number of amides is 1. The average Bonchev–Trinajstić information content (AvgIpc) is 2.19. The van der Waals surface area contributed by atoms with Gasteiger partial charge in [0.2, 0.25) is 5.91 Å². The van der Waals surface area contributed by atoms with Crippen molar-refractivity contribution in [1.29, 1.82) is 0 Å². The largest absolute Gasteiger partial charge is 0.359 e. The van der Waals surface area contributed by atoms with Crippen molar-refractivity contribution in [1.82, 2.24) is 10.6 Å². The fraction of sp³-hybridized carbons (Fsp3) is 0.909. The summed E-state index contributed by atoms with van der Waals surface area (Å²) in [6, 6.07) is 0.130. The van der Waals surface area contributed by atoms with Crippen molar-refractivity contribution in [2.45, 2.75) is 38.1 Å². The molecule has 0 radical (unpaired) electrons. The molecule has 1 rings (SSSR count). The number of hydrogen-bond acceptors (Lipinski definition) is 3. The first-order chi connectivity index (χ1) is 7.26. The Morgan fingerprint density at radius 1 is 1.53 bits per heavy atom. The zero-order chi connectivity index (χ0) is 11.1. The molecule has 88 valence electrons. The van der Waals surface area contributed by atoms with Crippen LogP contribution in [0.2, 0.25) is 0 Å². The molecular formula is C11H23N3O. The lowest BCUT2D eigenvalue weighted by Gasteiger charge is -2.26. The minimum atomic E-state index is 0.0570. The molecule has 0 aromatic heterocycles. The molecule has 0 aromatic carbocycles. The minimum Gasteiger partial charge on any atom is -0.359 e. The van der Waals surface area contributed by atoms with Crippen LogP contribution in [-0.4, -0.2) is 32.1 Å². The van der Waals surface area contributed by atoms with E-state index in [2.05, 4.69) is 10.6 Å². The third kappa shape index (κ3) is 4.62. The highest BCUT2D eigenvalue weighted by Gasteiger charge is 2.17. The van der Waals surface area contributed by atoms with Gasteiger partial charge in [0.05, 0.1) is 0 Å². The highest BCUT2D eigenvalue weighted by atomic mass is 16.1. The van der Waals surface area contributed by atoms with Crippen molar-refractivity contribution in [3.05, 3.63) is 0 Å². The molecular weight excluding hydrogens is 190 g/mol. The lowest BCUT2D eigenvalue weighted by atomic mass is 9.83. The molecule has 1 atom stereocenters. The Hall–Kier alpha value is -0.610. The van der Waals surface area contributed by atoms with Crippen molar-refractivity contribution >= 4 is 5.91 Å². The van der Waals surface area contributed by atoms with Crippen LogP contribution in [0.5, 0.6) is 0 Å². The second-order valence-corrected chi connectivity index (χ2v) is 4.35. The molecule has 0 spiro atoms. The van der Waals surface area contributed by atoms with Gasteiger partial charge in [-0.3, -0.25) is 4.79 Å². The zero-order valence-electron chi connectivity index (χ0n) is 9.59. The van der Waals surface area contributed by atoms with Crippen molar-refractivity contribution in [2.24, 2.45) is 11.7 Å². The Bertz CT molecular complexity index is 192. The topological polar surface area (TPSA) is 67.2 Å². The summed E-state index contributed by atoms with van der Waals surface area (Å²) in [4.78, 5) is 11.1. The molecule has 1 saturated carbocycles. The normalized spacial score (nSPS) is 18.3. The standard InChI is InChI=1S/C11H23N3O/c1-13-11(15)7-10(8-12)14-6-5-9-3-2-4-9/h9-10,14H,2-8,12H2,1H3,(H,13,15). The van der Waals surface area contributed by atoms with Gasteiger partial charge in [-0.25, -0.2) is 0 Å². The molecule has 4 N–H and O–H groups in total. The summed E-state index contributed by atoms with van der Waals surface area (Å²) in [6.45, 7) is 1.52. The van der Waals surface area contributed by atoms with Crippen molar-refractivity contribution in [2.75, 3.05) is 20.1 Å². The van der Waals surface area contributed by atoms with Crippen LogP contribution in [0.15, 0.2) is 0 Å². The van der Waals surface area contributed by atoms with E-state index < -0.39 is 0 Å². The smallest absolute Gasteiger partial charge is 0.221 e. The molecule has 0 heterocycles. The summed E-state index contributed by atoms with van der Waals surface area (Å²) >= 11 is 0. The van der Waals surface area contributed by atoms with E-state index >= 15 is 0 Å². The van der Waals surface area contributed by atoms with Gasteiger partial charge in [-0.05, 0) is 18.9 Å². The van der Waals surface area contributed by atoms with Crippen LogP contribution in [0.3, 0.4) is 0 Å². The van der Waals surface area contributed by atoms with Crippen LogP contribution < -0.4 is 16.4 Å². The first kappa shape index (κ1) is 12.5. The lowest BCUT2D eigenvalue weighted by molar-refractivity contribution is -0.121. The molecule has 1 amide bonds. The number of hydrogen-bond donors (Lipinski definition) is 3. The van der Waals surface area contributed by atoms with Gasteiger partial charge in [-0.2, -0.15) is 0 Å². The molecule has 4 heteroatoms. The Balaban J connectivity index is 2.06. The first-order valence-corrected chi connectivity index (χ1v) is 5.90. The van der Waals surface area contributed by atoms with Gasteiger partial charge in [0.15, 0.2) is 0 Å². The fourth-order valence-electron chi connectivity index (χ4n) is 1.84. The molecule has 0 bridgehead atoms. The van der Waals surface area contributed by atoms with Crippen LogP contribution >= 0.6 is 0 Å². The van der Waals surface area contributed by atoms with Gasteiger partial charge < -0.3 is 16.4 Å². The number of rotatable bonds is 7. The zero-order valence-corrected chi connectivity index (χ0v) is 9.59. The Morgan fingerprint density at radius 3 is 2.73 bits per heavy atom. The van der Waals surface area contributed by atoms with Gasteiger partial charge in [0.25, 0.3) is 0 Å². The maximum absolute atomic E-state index is 11.1. The van der Waals surface area contributed by atoms with Crippen LogP contribution in [-0.2, 0) is 4.79 Å². The van der Waals surface area contributed by atoms with Gasteiger partial charge in [0, 0.05) is 26.1 Å². The molecule has 1 fully saturated rings. The monoisotopic (exact) mass is 213 g/mol. The van der Waals surface area contributed by atoms with Gasteiger partial charge in [-0.1, -0.05) is 19.3 Å². The summed E-state index contributed by atoms with van der Waals surface area (Å²) in [5.41, 5.74) is 5.60. The van der Waals surface area contributed by atoms with Crippen LogP contribution in [0.1, 0.15) is 32.1 Å². The van der Waals surface area contributed by atoms with E-state index in [0.717, 1.165) is 12.5 Å². The maximum atomic E-state index is 11.1. The van der Waals surface area contributed by atoms with E-state index in [-0.39, 0.29) is 11.9 Å². The molecule has 1 aliphatic rings. The number of carbonyl (C=O) groups excluding carboxylic acids is 1. The summed E-state index contributed by atoms with van der Waals surface area (Å²) in [6.07, 6.45) is 5.86. The SMILES string of the molecule is CNC(=O)CC(CN)NCCC1CCC1.